The molecule has 0 fully saturated rings. The lowest BCUT2D eigenvalue weighted by atomic mass is 9.99. The van der Waals surface area contributed by atoms with Crippen LogP contribution >= 0.6 is 0 Å². The van der Waals surface area contributed by atoms with Crippen LogP contribution in [0.15, 0.2) is 12.1 Å². The smallest absolute Gasteiger partial charge is 0.0515 e. The highest BCUT2D eigenvalue weighted by Crippen LogP contribution is 2.31. The second kappa shape index (κ2) is 4.77. The molecule has 2 nitrogen and oxygen atoms in total. The number of nitrogens with zero attached hydrogens (tertiary/aromatic N) is 1. The fourth-order valence-electron chi connectivity index (χ4n) is 2.84. The monoisotopic (exact) mass is 244 g/mol. The average molecular weight is 244 g/mol. The molecule has 2 rings (SSSR count). The fourth-order valence-corrected chi connectivity index (χ4v) is 2.84. The maximum absolute atomic E-state index is 5.90. The number of rotatable bonds is 3. The van der Waals surface area contributed by atoms with Gasteiger partial charge in [0.1, 0.15) is 0 Å². The Morgan fingerprint density at radius 3 is 2.39 bits per heavy atom. The van der Waals surface area contributed by atoms with Crippen LogP contribution in [-0.4, -0.2) is 10.6 Å². The number of aryl methyl sites for hydroxylation is 4. The molecular weight excluding hydrogens is 220 g/mol. The maximum Gasteiger partial charge on any atom is 0.0515 e. The zero-order valence-electron chi connectivity index (χ0n) is 12.2. The molecule has 0 amide bonds. The zero-order chi connectivity index (χ0) is 13.4. The van der Waals surface area contributed by atoms with Gasteiger partial charge in [0.15, 0.2) is 0 Å². The Balaban J connectivity index is 2.65. The molecule has 1 unspecified atom stereocenters. The summed E-state index contributed by atoms with van der Waals surface area (Å²) in [6.07, 6.45) is 2.12. The van der Waals surface area contributed by atoms with Crippen molar-refractivity contribution in [3.8, 4) is 0 Å². The third-order valence-electron chi connectivity index (χ3n) is 4.01. The molecule has 0 aliphatic carbocycles. The van der Waals surface area contributed by atoms with Gasteiger partial charge in [-0.3, -0.25) is 0 Å². The summed E-state index contributed by atoms with van der Waals surface area (Å²) in [7, 11) is 2.17. The van der Waals surface area contributed by atoms with E-state index >= 15 is 0 Å². The van der Waals surface area contributed by atoms with E-state index in [1.54, 1.807) is 0 Å². The van der Waals surface area contributed by atoms with Gasteiger partial charge in [-0.1, -0.05) is 12.1 Å². The quantitative estimate of drug-likeness (QED) is 0.881. The van der Waals surface area contributed by atoms with Gasteiger partial charge in [0.05, 0.1) is 5.52 Å². The molecule has 18 heavy (non-hydrogen) atoms. The van der Waals surface area contributed by atoms with Gasteiger partial charge in [-0.2, -0.15) is 0 Å². The van der Waals surface area contributed by atoms with Gasteiger partial charge >= 0.3 is 0 Å². The second-order valence-corrected chi connectivity index (χ2v) is 5.56. The summed E-state index contributed by atoms with van der Waals surface area (Å²) in [4.78, 5) is 0. The molecule has 0 aliphatic heterocycles. The SMILES string of the molecule is Cc1ccc(C)c2c1c(CCC(C)N)c(C)n2C. The van der Waals surface area contributed by atoms with Crippen molar-refractivity contribution in [3.63, 3.8) is 0 Å². The summed E-state index contributed by atoms with van der Waals surface area (Å²) < 4.78 is 2.33. The topological polar surface area (TPSA) is 30.9 Å². The van der Waals surface area contributed by atoms with Gasteiger partial charge in [-0.25, -0.2) is 0 Å². The number of hydrogen-bond acceptors (Lipinski definition) is 1. The first-order chi connectivity index (χ1) is 8.43. The van der Waals surface area contributed by atoms with Crippen molar-refractivity contribution in [1.82, 2.24) is 4.57 Å². The van der Waals surface area contributed by atoms with Gasteiger partial charge in [-0.15, -0.1) is 0 Å². The predicted molar refractivity (Wildman–Crippen MR) is 79.1 cm³/mol. The minimum absolute atomic E-state index is 0.268. The summed E-state index contributed by atoms with van der Waals surface area (Å²) in [6.45, 7) is 8.70. The molecule has 1 heterocycles. The summed E-state index contributed by atoms with van der Waals surface area (Å²) >= 11 is 0. The highest BCUT2D eigenvalue weighted by atomic mass is 14.9. The van der Waals surface area contributed by atoms with E-state index in [0.29, 0.717) is 0 Å². The van der Waals surface area contributed by atoms with Crippen molar-refractivity contribution in [3.05, 3.63) is 34.5 Å². The molecule has 98 valence electrons. The van der Waals surface area contributed by atoms with Crippen molar-refractivity contribution >= 4 is 10.9 Å². The summed E-state index contributed by atoms with van der Waals surface area (Å²) in [5.74, 6) is 0. The Morgan fingerprint density at radius 1 is 1.17 bits per heavy atom. The van der Waals surface area contributed by atoms with E-state index in [1.807, 2.05) is 0 Å². The van der Waals surface area contributed by atoms with Crippen LogP contribution in [-0.2, 0) is 13.5 Å². The Labute approximate surface area is 110 Å². The van der Waals surface area contributed by atoms with Gasteiger partial charge in [0.25, 0.3) is 0 Å². The van der Waals surface area contributed by atoms with Crippen molar-refractivity contribution < 1.29 is 0 Å². The number of aromatic nitrogens is 1. The van der Waals surface area contributed by atoms with Crippen LogP contribution in [0.1, 0.15) is 35.7 Å². The highest BCUT2D eigenvalue weighted by Gasteiger charge is 2.15. The number of hydrogen-bond donors (Lipinski definition) is 1. The molecule has 0 saturated carbocycles. The maximum atomic E-state index is 5.90. The first kappa shape index (κ1) is 13.2. The van der Waals surface area contributed by atoms with Crippen molar-refractivity contribution in [2.45, 2.75) is 46.6 Å². The van der Waals surface area contributed by atoms with Crippen molar-refractivity contribution in [2.24, 2.45) is 12.8 Å². The van der Waals surface area contributed by atoms with E-state index in [0.717, 1.165) is 12.8 Å². The Morgan fingerprint density at radius 2 is 1.78 bits per heavy atom. The first-order valence-corrected chi connectivity index (χ1v) is 6.73. The van der Waals surface area contributed by atoms with E-state index in [9.17, 15) is 0 Å². The van der Waals surface area contributed by atoms with Crippen LogP contribution in [0.25, 0.3) is 10.9 Å². The van der Waals surface area contributed by atoms with E-state index in [2.05, 4.69) is 51.4 Å². The van der Waals surface area contributed by atoms with Crippen molar-refractivity contribution in [1.29, 1.82) is 0 Å². The van der Waals surface area contributed by atoms with Crippen LogP contribution in [0.3, 0.4) is 0 Å². The van der Waals surface area contributed by atoms with Crippen LogP contribution in [0.4, 0.5) is 0 Å². The number of benzene rings is 1. The molecule has 2 N–H and O–H groups in total. The third kappa shape index (κ3) is 2.05. The molecule has 0 saturated heterocycles. The largest absolute Gasteiger partial charge is 0.347 e. The summed E-state index contributed by atoms with van der Waals surface area (Å²) in [5, 5.41) is 1.44. The molecular formula is C16H24N2. The average Bonchev–Trinajstić information content (AvgIpc) is 2.56. The summed E-state index contributed by atoms with van der Waals surface area (Å²) in [6, 6.07) is 4.71. The molecule has 1 atom stereocenters. The minimum atomic E-state index is 0.268. The molecule has 0 aliphatic rings. The second-order valence-electron chi connectivity index (χ2n) is 5.56. The van der Waals surface area contributed by atoms with Crippen LogP contribution < -0.4 is 5.73 Å². The predicted octanol–water partition coefficient (Wildman–Crippen LogP) is 3.38. The van der Waals surface area contributed by atoms with Gasteiger partial charge in [0.2, 0.25) is 0 Å². The van der Waals surface area contributed by atoms with Crippen LogP contribution in [0, 0.1) is 20.8 Å². The highest BCUT2D eigenvalue weighted by molar-refractivity contribution is 5.91. The van der Waals surface area contributed by atoms with Gasteiger partial charge in [-0.05, 0) is 57.2 Å². The Bertz CT molecular complexity index is 577. The van der Waals surface area contributed by atoms with E-state index in [1.165, 1.54) is 33.3 Å². The fraction of sp³-hybridized carbons (Fsp3) is 0.500. The molecule has 1 aromatic carbocycles. The van der Waals surface area contributed by atoms with E-state index in [-0.39, 0.29) is 6.04 Å². The zero-order valence-corrected chi connectivity index (χ0v) is 12.2. The third-order valence-corrected chi connectivity index (χ3v) is 4.01. The number of nitrogens with two attached hydrogens (primary N) is 1. The van der Waals surface area contributed by atoms with E-state index in [4.69, 9.17) is 5.73 Å². The first-order valence-electron chi connectivity index (χ1n) is 6.73. The molecule has 2 aromatic rings. The molecule has 0 radical (unpaired) electrons. The Hall–Kier alpha value is -1.28. The lowest BCUT2D eigenvalue weighted by molar-refractivity contribution is 0.664. The number of fused-ring (bicyclic) bond motifs is 1. The molecule has 0 bridgehead atoms. The van der Waals surface area contributed by atoms with Crippen LogP contribution in [0.5, 0.6) is 0 Å². The molecule has 2 heteroatoms. The standard InChI is InChI=1S/C16H24N2/c1-10-6-7-11(2)16-15(10)14(9-8-12(3)17)13(4)18(16)5/h6-7,12H,8-9,17H2,1-5H3. The minimum Gasteiger partial charge on any atom is -0.347 e. The molecule has 1 aromatic heterocycles. The summed E-state index contributed by atoms with van der Waals surface area (Å²) in [5.41, 5.74) is 12.9. The lowest BCUT2D eigenvalue weighted by Gasteiger charge is -2.07. The van der Waals surface area contributed by atoms with E-state index < -0.39 is 0 Å². The van der Waals surface area contributed by atoms with Gasteiger partial charge < -0.3 is 10.3 Å². The van der Waals surface area contributed by atoms with Crippen LogP contribution in [0.2, 0.25) is 0 Å². The lowest BCUT2D eigenvalue weighted by Crippen LogP contribution is -2.15. The normalized spacial score (nSPS) is 13.2. The Kier molecular flexibility index (Phi) is 3.49. The van der Waals surface area contributed by atoms with Gasteiger partial charge in [0, 0.05) is 24.2 Å². The van der Waals surface area contributed by atoms with Crippen molar-refractivity contribution in [2.75, 3.05) is 0 Å². The molecule has 0 spiro atoms.